The highest BCUT2D eigenvalue weighted by Crippen LogP contribution is 2.15. The molecule has 0 radical (unpaired) electrons. The van der Waals surface area contributed by atoms with Crippen molar-refractivity contribution in [3.63, 3.8) is 0 Å². The van der Waals surface area contributed by atoms with Gasteiger partial charge in [0, 0.05) is 6.54 Å². The van der Waals surface area contributed by atoms with E-state index < -0.39 is 0 Å². The van der Waals surface area contributed by atoms with Gasteiger partial charge in [0.1, 0.15) is 11.4 Å². The Bertz CT molecular complexity index is 612. The van der Waals surface area contributed by atoms with Gasteiger partial charge in [-0.05, 0) is 6.42 Å². The lowest BCUT2D eigenvalue weighted by Crippen LogP contribution is -2.42. The molecule has 1 rings (SSSR count). The van der Waals surface area contributed by atoms with Crippen LogP contribution in [0.25, 0.3) is 0 Å². The summed E-state index contributed by atoms with van der Waals surface area (Å²) in [6, 6.07) is 0. The summed E-state index contributed by atoms with van der Waals surface area (Å²) >= 11 is 0. The van der Waals surface area contributed by atoms with Crippen LogP contribution >= 0.6 is 0 Å². The first-order chi connectivity index (χ1) is 13.9. The minimum absolute atomic E-state index is 0.368. The molecular weight excluding hydrogens is 362 g/mol. The Balaban J connectivity index is 2.01. The number of rotatable bonds is 19. The fourth-order valence-corrected chi connectivity index (χ4v) is 3.60. The van der Waals surface area contributed by atoms with Crippen molar-refractivity contribution in [1.82, 2.24) is 0 Å². The van der Waals surface area contributed by atoms with Crippen LogP contribution in [0.2, 0.25) is 0 Å². The summed E-state index contributed by atoms with van der Waals surface area (Å²) in [6.07, 6.45) is 17.3. The van der Waals surface area contributed by atoms with Crippen LogP contribution in [0.5, 0.6) is 0 Å². The van der Waals surface area contributed by atoms with Crippen LogP contribution in [0.15, 0.2) is 9.59 Å². The molecule has 2 N–H and O–H groups in total. The molecule has 0 amide bonds. The molecule has 0 aliphatic rings. The van der Waals surface area contributed by atoms with Crippen molar-refractivity contribution in [3.8, 4) is 0 Å². The Morgan fingerprint density at radius 1 is 0.586 bits per heavy atom. The number of hydrogen-bond acceptors (Lipinski definition) is 4. The number of anilines is 2. The van der Waals surface area contributed by atoms with E-state index in [1.165, 1.54) is 77.0 Å². The second-order valence-electron chi connectivity index (χ2n) is 9.52. The summed E-state index contributed by atoms with van der Waals surface area (Å²) in [7, 11) is 6.33. The zero-order valence-corrected chi connectivity index (χ0v) is 19.6. The van der Waals surface area contributed by atoms with Crippen LogP contribution in [-0.4, -0.2) is 45.3 Å². The van der Waals surface area contributed by atoms with Crippen molar-refractivity contribution in [2.75, 3.05) is 51.4 Å². The Hall–Kier alpha value is -1.36. The minimum atomic E-state index is -0.376. The van der Waals surface area contributed by atoms with Crippen LogP contribution in [0.1, 0.15) is 90.4 Å². The maximum Gasteiger partial charge on any atom is 0.253 e. The summed E-state index contributed by atoms with van der Waals surface area (Å²) in [4.78, 5) is 23.5. The summed E-state index contributed by atoms with van der Waals surface area (Å²) < 4.78 is 0.824. The third-order valence-corrected chi connectivity index (χ3v) is 5.58. The summed E-state index contributed by atoms with van der Waals surface area (Å²) in [5.41, 5.74) is 0.236. The van der Waals surface area contributed by atoms with Gasteiger partial charge in [-0.15, -0.1) is 0 Å². The van der Waals surface area contributed by atoms with E-state index in [0.717, 1.165) is 24.0 Å². The van der Waals surface area contributed by atoms with Crippen molar-refractivity contribution in [2.24, 2.45) is 0 Å². The number of hydrogen-bond donors (Lipinski definition) is 2. The van der Waals surface area contributed by atoms with Crippen LogP contribution in [0.4, 0.5) is 11.4 Å². The number of quaternary nitrogens is 1. The first-order valence-corrected chi connectivity index (χ1v) is 12.0. The summed E-state index contributed by atoms with van der Waals surface area (Å²) in [5.74, 6) is 0. The molecule has 0 saturated carbocycles. The molecule has 0 aromatic heterocycles. The van der Waals surface area contributed by atoms with Gasteiger partial charge >= 0.3 is 0 Å². The van der Waals surface area contributed by atoms with E-state index in [-0.39, 0.29) is 10.9 Å². The first-order valence-electron chi connectivity index (χ1n) is 12.0. The van der Waals surface area contributed by atoms with Crippen molar-refractivity contribution < 1.29 is 4.48 Å². The minimum Gasteiger partial charge on any atom is -0.380 e. The van der Waals surface area contributed by atoms with E-state index in [4.69, 9.17) is 0 Å². The van der Waals surface area contributed by atoms with Gasteiger partial charge in [-0.25, -0.2) is 0 Å². The molecule has 168 valence electrons. The predicted molar refractivity (Wildman–Crippen MR) is 127 cm³/mol. The topological polar surface area (TPSA) is 58.2 Å². The molecule has 0 unspecified atom stereocenters. The Kier molecular flexibility index (Phi) is 12.9. The van der Waals surface area contributed by atoms with Gasteiger partial charge in [0.2, 0.25) is 0 Å². The monoisotopic (exact) mass is 408 g/mol. The average Bonchev–Trinajstić information content (AvgIpc) is 2.68. The lowest BCUT2D eigenvalue weighted by atomic mass is 10.0. The van der Waals surface area contributed by atoms with Crippen molar-refractivity contribution in [1.29, 1.82) is 0 Å². The van der Waals surface area contributed by atoms with Crippen LogP contribution in [0, 0.1) is 0 Å². The lowest BCUT2D eigenvalue weighted by Gasteiger charge is -2.24. The Morgan fingerprint density at radius 2 is 0.966 bits per heavy atom. The van der Waals surface area contributed by atoms with Crippen LogP contribution < -0.4 is 21.5 Å². The molecule has 0 atom stereocenters. The Morgan fingerprint density at radius 3 is 1.38 bits per heavy atom. The van der Waals surface area contributed by atoms with E-state index in [9.17, 15) is 9.59 Å². The zero-order chi connectivity index (χ0) is 21.5. The molecule has 0 aliphatic heterocycles. The second kappa shape index (κ2) is 14.6. The third kappa shape index (κ3) is 11.4. The lowest BCUT2D eigenvalue weighted by molar-refractivity contribution is -0.868. The normalized spacial score (nSPS) is 11.9. The van der Waals surface area contributed by atoms with Crippen molar-refractivity contribution in [3.05, 3.63) is 20.4 Å². The molecule has 0 bridgehead atoms. The fourth-order valence-electron chi connectivity index (χ4n) is 3.60. The van der Waals surface area contributed by atoms with E-state index >= 15 is 0 Å². The molecule has 5 heteroatoms. The van der Waals surface area contributed by atoms with E-state index in [1.807, 2.05) is 0 Å². The van der Waals surface area contributed by atoms with E-state index in [2.05, 4.69) is 38.7 Å². The number of nitrogens with one attached hydrogen (secondary N) is 2. The molecule has 0 saturated heterocycles. The second-order valence-corrected chi connectivity index (χ2v) is 9.52. The van der Waals surface area contributed by atoms with Gasteiger partial charge in [-0.1, -0.05) is 84.0 Å². The molecular formula is C24H46N3O2+. The highest BCUT2D eigenvalue weighted by Gasteiger charge is 2.20. The van der Waals surface area contributed by atoms with Gasteiger partial charge in [-0.2, -0.15) is 0 Å². The molecule has 1 aromatic carbocycles. The van der Waals surface area contributed by atoms with Crippen LogP contribution in [-0.2, 0) is 0 Å². The summed E-state index contributed by atoms with van der Waals surface area (Å²) in [6.45, 7) is 4.63. The molecule has 0 heterocycles. The van der Waals surface area contributed by atoms with Gasteiger partial charge in [0.15, 0.2) is 0 Å². The van der Waals surface area contributed by atoms with Gasteiger partial charge in [0.25, 0.3) is 10.9 Å². The zero-order valence-electron chi connectivity index (χ0n) is 19.6. The number of nitrogens with zero attached hydrogens (tertiary/aromatic N) is 1. The molecule has 5 nitrogen and oxygen atoms in total. The molecule has 29 heavy (non-hydrogen) atoms. The van der Waals surface area contributed by atoms with E-state index in [0.29, 0.717) is 17.9 Å². The summed E-state index contributed by atoms with van der Waals surface area (Å²) in [5, 5.41) is 6.31. The molecule has 0 aliphatic carbocycles. The molecule has 0 fully saturated rings. The predicted octanol–water partition coefficient (Wildman–Crippen LogP) is 4.90. The first kappa shape index (κ1) is 25.7. The van der Waals surface area contributed by atoms with Crippen molar-refractivity contribution in [2.45, 2.75) is 90.4 Å². The average molecular weight is 409 g/mol. The van der Waals surface area contributed by atoms with Crippen LogP contribution in [0.3, 0.4) is 0 Å². The molecule has 0 spiro atoms. The third-order valence-electron chi connectivity index (χ3n) is 5.58. The largest absolute Gasteiger partial charge is 0.380 e. The fraction of sp³-hybridized carbons (Fsp3) is 0.833. The SMILES string of the molecule is CCCCCCCCCCCCCCCNc1c(NCC[N+](C)(C)C)c(=O)c1=O. The smallest absolute Gasteiger partial charge is 0.253 e. The highest BCUT2D eigenvalue weighted by atomic mass is 16.2. The number of unbranched alkanes of at least 4 members (excludes halogenated alkanes) is 12. The van der Waals surface area contributed by atoms with Gasteiger partial charge in [-0.3, -0.25) is 9.59 Å². The molecule has 1 aromatic rings. The highest BCUT2D eigenvalue weighted by molar-refractivity contribution is 5.73. The van der Waals surface area contributed by atoms with Crippen molar-refractivity contribution >= 4 is 11.4 Å². The van der Waals surface area contributed by atoms with Gasteiger partial charge in [0.05, 0.1) is 34.2 Å². The standard InChI is InChI=1S/C24H45N3O2/c1-5-6-7-8-9-10-11-12-13-14-15-16-17-18-25-21-22(24(29)23(21)28)26-19-20-27(2,3)4/h5-20H2,1-4H3,(H-,25,26,28,29)/p+1. The van der Waals surface area contributed by atoms with E-state index in [1.54, 1.807) is 0 Å². The maximum absolute atomic E-state index is 11.8. The Labute approximate surface area is 178 Å². The quantitative estimate of drug-likeness (QED) is 0.194. The van der Waals surface area contributed by atoms with Gasteiger partial charge < -0.3 is 15.1 Å². The number of likely N-dealkylation sites (N-methyl/N-ethyl adjacent to an activating group) is 1. The maximum atomic E-state index is 11.8.